The molecule has 0 radical (unpaired) electrons. The monoisotopic (exact) mass is 1750 g/mol. The number of hydrogen-bond donors (Lipinski definition) is 0. The van der Waals surface area contributed by atoms with Crippen LogP contribution in [0.25, 0.3) is 33.4 Å². The normalized spacial score (nSPS) is 14.1. The number of fused-ring (bicyclic) bond motifs is 12. The molecule has 0 spiro atoms. The highest BCUT2D eigenvalue weighted by atomic mass is 15.2. The third kappa shape index (κ3) is 14.6. The fourth-order valence-electron chi connectivity index (χ4n) is 22.4. The molecule has 9 heteroatoms. The Morgan fingerprint density at radius 2 is 0.319 bits per heavy atom. The van der Waals surface area contributed by atoms with Crippen LogP contribution in [0.1, 0.15) is 191 Å². The molecule has 0 unspecified atom stereocenters. The molecule has 6 nitrogen and oxygen atoms in total. The molecular weight excluding hydrogens is 1630 g/mol. The highest BCUT2D eigenvalue weighted by molar-refractivity contribution is 7.02. The molecule has 666 valence electrons. The number of nitrogens with zero attached hydrogens (tertiary/aromatic N) is 6. The van der Waals surface area contributed by atoms with Crippen LogP contribution in [-0.4, -0.2) is 20.1 Å². The quantitative estimate of drug-likeness (QED) is 0.133. The lowest BCUT2D eigenvalue weighted by molar-refractivity contribution is 0.590. The Labute approximate surface area is 803 Å². The number of anilines is 18. The van der Waals surface area contributed by atoms with Crippen LogP contribution in [0.3, 0.4) is 0 Å². The van der Waals surface area contributed by atoms with Gasteiger partial charge in [0.15, 0.2) is 0 Å². The van der Waals surface area contributed by atoms with Gasteiger partial charge >= 0.3 is 0 Å². The lowest BCUT2D eigenvalue weighted by Crippen LogP contribution is -2.61. The molecule has 16 aromatic carbocycles. The van der Waals surface area contributed by atoms with Gasteiger partial charge in [-0.25, -0.2) is 0 Å². The van der Waals surface area contributed by atoms with Gasteiger partial charge in [-0.1, -0.05) is 304 Å². The van der Waals surface area contributed by atoms with E-state index in [0.29, 0.717) is 0 Å². The van der Waals surface area contributed by atoms with E-state index in [0.717, 1.165) is 67.5 Å². The van der Waals surface area contributed by atoms with Gasteiger partial charge in [0.1, 0.15) is 0 Å². The van der Waals surface area contributed by atoms with Gasteiger partial charge in [0.2, 0.25) is 0 Å². The van der Waals surface area contributed by atoms with E-state index in [-0.39, 0.29) is 52.6 Å². The Balaban J connectivity index is 0.821. The molecule has 135 heavy (non-hydrogen) atoms. The molecule has 22 rings (SSSR count). The lowest BCUT2D eigenvalue weighted by Gasteiger charge is -2.45. The van der Waals surface area contributed by atoms with Crippen molar-refractivity contribution in [2.75, 3.05) is 29.4 Å². The average molecular weight is 1750 g/mol. The van der Waals surface area contributed by atoms with Crippen LogP contribution in [0.15, 0.2) is 309 Å². The summed E-state index contributed by atoms with van der Waals surface area (Å²) >= 11 is 0. The molecule has 0 aliphatic carbocycles. The van der Waals surface area contributed by atoms with Gasteiger partial charge in [-0.15, -0.1) is 0 Å². The van der Waals surface area contributed by atoms with Crippen LogP contribution in [0.2, 0.25) is 0 Å². The summed E-state index contributed by atoms with van der Waals surface area (Å²) in [5.74, 6) is 0. The second-order valence-corrected chi connectivity index (χ2v) is 46.0. The molecule has 0 bridgehead atoms. The van der Waals surface area contributed by atoms with Crippen LogP contribution < -0.4 is 78.6 Å². The van der Waals surface area contributed by atoms with Gasteiger partial charge in [-0.2, -0.15) is 0 Å². The van der Waals surface area contributed by atoms with Gasteiger partial charge in [0.25, 0.3) is 20.1 Å². The minimum atomic E-state index is -0.188. The fourth-order valence-corrected chi connectivity index (χ4v) is 22.4. The van der Waals surface area contributed by atoms with Gasteiger partial charge in [0.05, 0.1) is 0 Å². The first-order chi connectivity index (χ1) is 64.1. The predicted octanol–water partition coefficient (Wildman–Crippen LogP) is 28.6. The fraction of sp³-hybridized carbons (Fsp3) is 0.238. The van der Waals surface area contributed by atoms with Gasteiger partial charge in [0, 0.05) is 102 Å². The van der Waals surface area contributed by atoms with Gasteiger partial charge in [-0.3, -0.25) is 0 Å². The summed E-state index contributed by atoms with van der Waals surface area (Å²) in [6, 6.07) is 123. The summed E-state index contributed by atoms with van der Waals surface area (Å²) in [6.07, 6.45) is 0. The second-order valence-electron chi connectivity index (χ2n) is 46.0. The third-order valence-electron chi connectivity index (χ3n) is 30.0. The minimum absolute atomic E-state index is 0.0463. The van der Waals surface area contributed by atoms with Crippen molar-refractivity contribution in [1.82, 2.24) is 0 Å². The van der Waals surface area contributed by atoms with Gasteiger partial charge < -0.3 is 29.4 Å². The second kappa shape index (κ2) is 31.0. The minimum Gasteiger partial charge on any atom is -0.311 e. The van der Waals surface area contributed by atoms with E-state index in [1.165, 1.54) is 184 Å². The summed E-state index contributed by atoms with van der Waals surface area (Å²) in [7, 11) is 0. The zero-order chi connectivity index (χ0) is 94.2. The van der Waals surface area contributed by atoms with Crippen molar-refractivity contribution >= 4 is 172 Å². The molecule has 0 aromatic heterocycles. The molecule has 0 saturated carbocycles. The van der Waals surface area contributed by atoms with E-state index in [1.807, 2.05) is 0 Å². The summed E-state index contributed by atoms with van der Waals surface area (Å²) in [6.45, 7) is 55.3. The lowest BCUT2D eigenvalue weighted by atomic mass is 9.33. The largest absolute Gasteiger partial charge is 0.311 e. The van der Waals surface area contributed by atoms with Crippen LogP contribution >= 0.6 is 0 Å². The van der Waals surface area contributed by atoms with E-state index < -0.39 is 0 Å². The predicted molar refractivity (Wildman–Crippen MR) is 585 cm³/mol. The van der Waals surface area contributed by atoms with Crippen molar-refractivity contribution in [2.24, 2.45) is 0 Å². The van der Waals surface area contributed by atoms with E-state index >= 15 is 0 Å². The number of rotatable bonds is 9. The van der Waals surface area contributed by atoms with Crippen LogP contribution in [0, 0.1) is 41.5 Å². The molecule has 16 aromatic rings. The van der Waals surface area contributed by atoms with Gasteiger partial charge in [-0.05, 0) is 354 Å². The SMILES string of the molecule is Cc1ccc(N2c3ccc(C)cc3B3c4cc(-c5cc(-c6ccc7c(c6)B6c8cc(C)ccc8N(c8ccc(C)cc8)c8cc(C(C)(C)C)cc(c86)N7c6ccc(C(C)(C)C)cc6)cc(-c6ccc7c(c6)B6c8cc(C)ccc8N(c8ccc(C)cc8)c8cc(C(C)(C)C)cc(c86)N7c6ccc(C(C)(C)C)cc6)c5)ccc4N(c4ccc(C(C)(C)C)cc4)c4cc(C(C)(C)C)cc2c43)cc1. The molecule has 6 heterocycles. The van der Waals surface area contributed by atoms with Crippen molar-refractivity contribution in [2.45, 2.75) is 199 Å². The van der Waals surface area contributed by atoms with Crippen molar-refractivity contribution in [1.29, 1.82) is 0 Å². The van der Waals surface area contributed by atoms with E-state index in [9.17, 15) is 0 Å². The van der Waals surface area contributed by atoms with E-state index in [2.05, 4.69) is 505 Å². The Hall–Kier alpha value is -13.5. The van der Waals surface area contributed by atoms with Crippen molar-refractivity contribution in [3.8, 4) is 33.4 Å². The maximum atomic E-state index is 2.62. The molecule has 6 aliphatic heterocycles. The summed E-state index contributed by atoms with van der Waals surface area (Å²) in [5, 5.41) is 0. The highest BCUT2D eigenvalue weighted by Gasteiger charge is 2.50. The summed E-state index contributed by atoms with van der Waals surface area (Å²) in [4.78, 5) is 15.6. The number of benzene rings is 16. The smallest absolute Gasteiger partial charge is 0.252 e. The maximum Gasteiger partial charge on any atom is 0.252 e. The third-order valence-corrected chi connectivity index (χ3v) is 30.0. The number of hydrogen-bond acceptors (Lipinski definition) is 6. The molecule has 0 saturated heterocycles. The van der Waals surface area contributed by atoms with E-state index in [1.54, 1.807) is 0 Å². The number of aryl methyl sites for hydroxylation is 6. The standard InChI is InChI=1S/C126H123B3N6/c1-76-25-43-94(44-26-76)130-106-55-31-79(4)61-100(106)127-103-67-82(34-58-109(103)133(97-49-37-88(38-50-97)121(7,8)9)115-73-91(124(16,17)18)70-112(130)118(115)127)85-64-86(83-35-59-110-104(68-83)128-101-62-80(5)32-56-107(101)131(95-45-27-77(2)28-46-95)113-71-92(125(19,20)21)74-116(119(113)128)134(110)98-51-39-89(40-52-98)122(10,11)12)66-87(65-85)84-36-60-111-105(69-84)129-102-63-81(6)33-57-108(102)132(96-47-29-78(3)30-48-96)114-72-93(126(22,23)24)75-117(120(114)129)135(111)99-53-41-90(42-54-99)123(13,14)15/h25-75H,1-24H3. The Morgan fingerprint density at radius 1 is 0.148 bits per heavy atom. The topological polar surface area (TPSA) is 19.4 Å². The molecular formula is C126H123B3N6. The zero-order valence-corrected chi connectivity index (χ0v) is 83.4. The first-order valence-corrected chi connectivity index (χ1v) is 48.9. The Bertz CT molecular complexity index is 6820. The summed E-state index contributed by atoms with van der Waals surface area (Å²) < 4.78 is 0. The molecule has 0 N–H and O–H groups in total. The van der Waals surface area contributed by atoms with Crippen molar-refractivity contribution < 1.29 is 0 Å². The van der Waals surface area contributed by atoms with E-state index in [4.69, 9.17) is 0 Å². The Kier molecular flexibility index (Phi) is 20.0. The Morgan fingerprint density at radius 3 is 0.511 bits per heavy atom. The first-order valence-electron chi connectivity index (χ1n) is 48.9. The highest BCUT2D eigenvalue weighted by Crippen LogP contribution is 2.54. The first kappa shape index (κ1) is 86.9. The van der Waals surface area contributed by atoms with Crippen LogP contribution in [0.5, 0.6) is 0 Å². The average Bonchev–Trinajstić information content (AvgIpc) is 0.701. The molecule has 6 aliphatic rings. The van der Waals surface area contributed by atoms with Crippen molar-refractivity contribution in [3.63, 3.8) is 0 Å². The molecule has 0 atom stereocenters. The van der Waals surface area contributed by atoms with Crippen LogP contribution in [-0.2, 0) is 32.5 Å². The van der Waals surface area contributed by atoms with Crippen molar-refractivity contribution in [3.05, 3.63) is 376 Å². The molecule has 0 amide bonds. The van der Waals surface area contributed by atoms with Crippen LogP contribution in [0.4, 0.5) is 102 Å². The molecule has 0 fully saturated rings. The zero-order valence-electron chi connectivity index (χ0n) is 83.4. The maximum absolute atomic E-state index is 2.62. The summed E-state index contributed by atoms with van der Waals surface area (Å²) in [5.41, 5.74) is 54.3.